The van der Waals surface area contributed by atoms with Crippen LogP contribution in [0.1, 0.15) is 43.9 Å². The number of aromatic nitrogens is 1. The van der Waals surface area contributed by atoms with Crippen LogP contribution >= 0.6 is 0 Å². The quantitative estimate of drug-likeness (QED) is 0.834. The number of amides is 1. The molecule has 21 heavy (non-hydrogen) atoms. The minimum absolute atomic E-state index is 0.155. The summed E-state index contributed by atoms with van der Waals surface area (Å²) in [6.45, 7) is 8.94. The van der Waals surface area contributed by atoms with Crippen molar-refractivity contribution in [1.29, 1.82) is 0 Å². The van der Waals surface area contributed by atoms with Crippen LogP contribution < -0.4 is 10.1 Å². The fourth-order valence-electron chi connectivity index (χ4n) is 1.71. The topological polar surface area (TPSA) is 89.7 Å². The van der Waals surface area contributed by atoms with Crippen molar-refractivity contribution >= 4 is 17.7 Å². The molecule has 0 saturated heterocycles. The van der Waals surface area contributed by atoms with Crippen LogP contribution in [-0.4, -0.2) is 36.4 Å². The van der Waals surface area contributed by atoms with Crippen molar-refractivity contribution in [2.75, 3.05) is 19.0 Å². The SMILES string of the molecule is CCOC(=O)c1[nH]c(C)c(NC(=O)OC(C)(C)C)c1OC. The summed E-state index contributed by atoms with van der Waals surface area (Å²) in [6.07, 6.45) is -0.627. The van der Waals surface area contributed by atoms with Gasteiger partial charge in [0.25, 0.3) is 0 Å². The summed E-state index contributed by atoms with van der Waals surface area (Å²) in [7, 11) is 1.41. The van der Waals surface area contributed by atoms with Crippen LogP contribution in [0.15, 0.2) is 0 Å². The molecule has 1 heterocycles. The predicted molar refractivity (Wildman–Crippen MR) is 77.9 cm³/mol. The highest BCUT2D eigenvalue weighted by atomic mass is 16.6. The van der Waals surface area contributed by atoms with E-state index in [4.69, 9.17) is 14.2 Å². The second kappa shape index (κ2) is 6.51. The molecule has 118 valence electrons. The molecule has 0 aliphatic carbocycles. The number of anilines is 1. The third-order valence-electron chi connectivity index (χ3n) is 2.45. The molecule has 1 aromatic heterocycles. The van der Waals surface area contributed by atoms with Crippen molar-refractivity contribution < 1.29 is 23.8 Å². The van der Waals surface area contributed by atoms with E-state index in [0.717, 1.165) is 0 Å². The minimum Gasteiger partial charge on any atom is -0.492 e. The Hall–Kier alpha value is -2.18. The maximum Gasteiger partial charge on any atom is 0.412 e. The Bertz CT molecular complexity index is 528. The van der Waals surface area contributed by atoms with Crippen molar-refractivity contribution in [1.82, 2.24) is 4.98 Å². The number of esters is 1. The number of carbonyl (C=O) groups excluding carboxylic acids is 2. The van der Waals surface area contributed by atoms with E-state index < -0.39 is 17.7 Å². The van der Waals surface area contributed by atoms with Crippen LogP contribution in [0.25, 0.3) is 0 Å². The Morgan fingerprint density at radius 3 is 2.38 bits per heavy atom. The first kappa shape index (κ1) is 16.9. The van der Waals surface area contributed by atoms with Gasteiger partial charge in [-0.3, -0.25) is 5.32 Å². The zero-order valence-electron chi connectivity index (χ0n) is 13.2. The van der Waals surface area contributed by atoms with Gasteiger partial charge in [-0.15, -0.1) is 0 Å². The highest BCUT2D eigenvalue weighted by molar-refractivity contribution is 5.97. The number of carbonyl (C=O) groups is 2. The van der Waals surface area contributed by atoms with Crippen LogP contribution in [0.3, 0.4) is 0 Å². The highest BCUT2D eigenvalue weighted by Gasteiger charge is 2.25. The summed E-state index contributed by atoms with van der Waals surface area (Å²) in [6, 6.07) is 0. The summed E-state index contributed by atoms with van der Waals surface area (Å²) in [5.74, 6) is -0.327. The van der Waals surface area contributed by atoms with Crippen LogP contribution in [0.2, 0.25) is 0 Å². The van der Waals surface area contributed by atoms with Gasteiger partial charge in [-0.25, -0.2) is 9.59 Å². The normalized spacial score (nSPS) is 11.0. The second-order valence-corrected chi connectivity index (χ2v) is 5.38. The molecular weight excluding hydrogens is 276 g/mol. The molecule has 2 N–H and O–H groups in total. The highest BCUT2D eigenvalue weighted by Crippen LogP contribution is 2.33. The number of nitrogens with one attached hydrogen (secondary N) is 2. The number of hydrogen-bond donors (Lipinski definition) is 2. The molecule has 0 saturated carbocycles. The Morgan fingerprint density at radius 1 is 1.29 bits per heavy atom. The van der Waals surface area contributed by atoms with Crippen LogP contribution in [0.5, 0.6) is 5.75 Å². The molecule has 0 aliphatic heterocycles. The van der Waals surface area contributed by atoms with Gasteiger partial charge in [0.05, 0.1) is 13.7 Å². The number of aromatic amines is 1. The lowest BCUT2D eigenvalue weighted by molar-refractivity contribution is 0.0515. The minimum atomic E-state index is -0.627. The van der Waals surface area contributed by atoms with Crippen molar-refractivity contribution in [3.63, 3.8) is 0 Å². The summed E-state index contributed by atoms with van der Waals surface area (Å²) in [5, 5.41) is 2.58. The van der Waals surface area contributed by atoms with E-state index in [-0.39, 0.29) is 18.1 Å². The van der Waals surface area contributed by atoms with Crippen molar-refractivity contribution in [2.24, 2.45) is 0 Å². The van der Waals surface area contributed by atoms with Gasteiger partial charge in [-0.2, -0.15) is 0 Å². The molecule has 0 unspecified atom stereocenters. The monoisotopic (exact) mass is 298 g/mol. The second-order valence-electron chi connectivity index (χ2n) is 5.38. The van der Waals surface area contributed by atoms with Crippen molar-refractivity contribution in [2.45, 2.75) is 40.2 Å². The van der Waals surface area contributed by atoms with E-state index in [1.54, 1.807) is 34.6 Å². The zero-order valence-corrected chi connectivity index (χ0v) is 13.2. The average molecular weight is 298 g/mol. The number of aryl methyl sites for hydroxylation is 1. The van der Waals surface area contributed by atoms with Crippen molar-refractivity contribution in [3.8, 4) is 5.75 Å². The Labute approximate surface area is 124 Å². The summed E-state index contributed by atoms with van der Waals surface area (Å²) in [5.41, 5.74) is 0.462. The van der Waals surface area contributed by atoms with E-state index in [9.17, 15) is 9.59 Å². The molecule has 7 heteroatoms. The third kappa shape index (κ3) is 4.40. The van der Waals surface area contributed by atoms with E-state index in [0.29, 0.717) is 11.4 Å². The van der Waals surface area contributed by atoms with E-state index in [2.05, 4.69) is 10.3 Å². The van der Waals surface area contributed by atoms with Gasteiger partial charge in [0.1, 0.15) is 11.3 Å². The van der Waals surface area contributed by atoms with Crippen LogP contribution in [-0.2, 0) is 9.47 Å². The van der Waals surface area contributed by atoms with Gasteiger partial charge in [0.2, 0.25) is 0 Å². The first-order valence-corrected chi connectivity index (χ1v) is 6.63. The fourth-order valence-corrected chi connectivity index (χ4v) is 1.71. The molecule has 0 bridgehead atoms. The molecule has 0 fully saturated rings. The molecular formula is C14H22N2O5. The lowest BCUT2D eigenvalue weighted by Gasteiger charge is -2.19. The molecule has 1 amide bonds. The first-order valence-electron chi connectivity index (χ1n) is 6.63. The third-order valence-corrected chi connectivity index (χ3v) is 2.45. The Kier molecular flexibility index (Phi) is 5.23. The van der Waals surface area contributed by atoms with Gasteiger partial charge in [0.15, 0.2) is 11.4 Å². The molecule has 0 atom stereocenters. The fraction of sp³-hybridized carbons (Fsp3) is 0.571. The van der Waals surface area contributed by atoms with Gasteiger partial charge in [-0.1, -0.05) is 0 Å². The molecule has 0 spiro atoms. The lowest BCUT2D eigenvalue weighted by atomic mass is 10.2. The number of methoxy groups -OCH3 is 1. The van der Waals surface area contributed by atoms with Gasteiger partial charge >= 0.3 is 12.1 Å². The zero-order chi connectivity index (χ0) is 16.2. The smallest absolute Gasteiger partial charge is 0.412 e. The van der Waals surface area contributed by atoms with Gasteiger partial charge in [-0.05, 0) is 34.6 Å². The van der Waals surface area contributed by atoms with Crippen molar-refractivity contribution in [3.05, 3.63) is 11.4 Å². The molecule has 1 rings (SSSR count). The maximum absolute atomic E-state index is 11.8. The number of ether oxygens (including phenoxy) is 3. The van der Waals surface area contributed by atoms with E-state index in [1.807, 2.05) is 0 Å². The molecule has 0 aromatic carbocycles. The predicted octanol–water partition coefficient (Wildman–Crippen LogP) is 2.86. The molecule has 0 radical (unpaired) electrons. The van der Waals surface area contributed by atoms with Crippen LogP contribution in [0, 0.1) is 6.92 Å². The molecule has 1 aromatic rings. The first-order chi connectivity index (χ1) is 9.69. The number of rotatable bonds is 4. The Morgan fingerprint density at radius 2 is 1.90 bits per heavy atom. The van der Waals surface area contributed by atoms with Crippen LogP contribution in [0.4, 0.5) is 10.5 Å². The van der Waals surface area contributed by atoms with Gasteiger partial charge in [0, 0.05) is 5.69 Å². The number of H-pyrrole nitrogens is 1. The summed E-state index contributed by atoms with van der Waals surface area (Å²) < 4.78 is 15.3. The summed E-state index contributed by atoms with van der Waals surface area (Å²) in [4.78, 5) is 26.5. The average Bonchev–Trinajstić information content (AvgIpc) is 2.64. The molecule has 0 aliphatic rings. The number of hydrogen-bond acceptors (Lipinski definition) is 5. The lowest BCUT2D eigenvalue weighted by Crippen LogP contribution is -2.27. The molecule has 7 nitrogen and oxygen atoms in total. The Balaban J connectivity index is 3.02. The standard InChI is InChI=1S/C14H22N2O5/c1-7-20-12(17)10-11(19-6)9(8(2)15-10)16-13(18)21-14(3,4)5/h15H,7H2,1-6H3,(H,16,18). The summed E-state index contributed by atoms with van der Waals surface area (Å²) >= 11 is 0. The van der Waals surface area contributed by atoms with E-state index >= 15 is 0 Å². The van der Waals surface area contributed by atoms with E-state index in [1.165, 1.54) is 7.11 Å². The maximum atomic E-state index is 11.8. The largest absolute Gasteiger partial charge is 0.492 e. The van der Waals surface area contributed by atoms with Gasteiger partial charge < -0.3 is 19.2 Å².